The first-order chi connectivity index (χ1) is 11.6. The highest BCUT2D eigenvalue weighted by Crippen LogP contribution is 2.37. The fraction of sp³-hybridized carbons (Fsp3) is 0.333. The van der Waals surface area contributed by atoms with Gasteiger partial charge in [0.1, 0.15) is 12.6 Å². The van der Waals surface area contributed by atoms with Gasteiger partial charge in [0.05, 0.1) is 25.8 Å². The average Bonchev–Trinajstić information content (AvgIpc) is 2.59. The molecule has 1 atom stereocenters. The van der Waals surface area contributed by atoms with Crippen molar-refractivity contribution in [2.75, 3.05) is 27.3 Å². The molecule has 0 saturated carbocycles. The molecule has 3 N–H and O–H groups in total. The monoisotopic (exact) mass is 414 g/mol. The van der Waals surface area contributed by atoms with Crippen molar-refractivity contribution < 1.29 is 19.9 Å². The van der Waals surface area contributed by atoms with E-state index >= 15 is 0 Å². The Bertz CT molecular complexity index is 681. The van der Waals surface area contributed by atoms with Gasteiger partial charge in [0.2, 0.25) is 0 Å². The van der Waals surface area contributed by atoms with Crippen LogP contribution in [0.1, 0.15) is 17.2 Å². The number of aliphatic hydroxyl groups is 1. The lowest BCUT2D eigenvalue weighted by atomic mass is 10.1. The molecule has 0 heterocycles. The van der Waals surface area contributed by atoms with Crippen LogP contribution in [-0.2, 0) is 6.42 Å². The second kappa shape index (κ2) is 9.28. The zero-order valence-corrected chi connectivity index (χ0v) is 16.1. The molecule has 0 saturated heterocycles. The zero-order chi connectivity index (χ0) is 17.5. The van der Waals surface area contributed by atoms with Gasteiger partial charge in [0, 0.05) is 10.9 Å². The number of quaternary nitrogens is 1. The van der Waals surface area contributed by atoms with Crippen LogP contribution in [-0.4, -0.2) is 32.4 Å². The highest BCUT2D eigenvalue weighted by Gasteiger charge is 2.14. The van der Waals surface area contributed by atoms with Gasteiger partial charge >= 0.3 is 0 Å². The minimum absolute atomic E-state index is 0.497. The number of benzene rings is 2. The van der Waals surface area contributed by atoms with Crippen molar-refractivity contribution in [2.24, 2.45) is 0 Å². The largest absolute Gasteiger partial charge is 0.493 e. The summed E-state index contributed by atoms with van der Waals surface area (Å²) >= 11 is 9.79. The number of hydrogen-bond donors (Lipinski definition) is 2. The van der Waals surface area contributed by atoms with E-state index in [2.05, 4.69) is 21.2 Å². The van der Waals surface area contributed by atoms with Crippen molar-refractivity contribution in [3.05, 3.63) is 57.0 Å². The van der Waals surface area contributed by atoms with E-state index in [1.165, 1.54) is 0 Å². The number of aliphatic hydroxyl groups excluding tert-OH is 1. The summed E-state index contributed by atoms with van der Waals surface area (Å²) in [6.45, 7) is 1.42. The van der Waals surface area contributed by atoms with Gasteiger partial charge in [-0.3, -0.25) is 0 Å². The normalized spacial score (nSPS) is 12.0. The molecule has 24 heavy (non-hydrogen) atoms. The van der Waals surface area contributed by atoms with Crippen molar-refractivity contribution in [3.8, 4) is 11.5 Å². The maximum atomic E-state index is 10.2. The van der Waals surface area contributed by atoms with Crippen molar-refractivity contribution in [3.63, 3.8) is 0 Å². The Kier molecular flexibility index (Phi) is 7.37. The maximum absolute atomic E-state index is 10.2. The maximum Gasteiger partial charge on any atom is 0.179 e. The zero-order valence-electron chi connectivity index (χ0n) is 13.8. The summed E-state index contributed by atoms with van der Waals surface area (Å²) in [5, 5.41) is 12.9. The summed E-state index contributed by atoms with van der Waals surface area (Å²) < 4.78 is 11.5. The van der Waals surface area contributed by atoms with E-state index in [4.69, 9.17) is 21.1 Å². The molecule has 2 rings (SSSR count). The molecule has 0 spiro atoms. The van der Waals surface area contributed by atoms with E-state index in [9.17, 15) is 5.11 Å². The SMILES string of the molecule is COc1ccc(CC[NH2+]C[C@@H](O)c2cccc(Br)c2)c(Cl)c1OC. The fourth-order valence-electron chi connectivity index (χ4n) is 2.51. The summed E-state index contributed by atoms with van der Waals surface area (Å²) in [7, 11) is 3.17. The van der Waals surface area contributed by atoms with E-state index in [0.717, 1.165) is 28.6 Å². The highest BCUT2D eigenvalue weighted by atomic mass is 79.9. The van der Waals surface area contributed by atoms with Gasteiger partial charge in [-0.2, -0.15) is 0 Å². The first-order valence-electron chi connectivity index (χ1n) is 7.71. The van der Waals surface area contributed by atoms with E-state index in [0.29, 0.717) is 23.1 Å². The van der Waals surface area contributed by atoms with E-state index in [1.54, 1.807) is 14.2 Å². The quantitative estimate of drug-likeness (QED) is 0.652. The van der Waals surface area contributed by atoms with E-state index in [-0.39, 0.29) is 0 Å². The number of methoxy groups -OCH3 is 2. The molecule has 0 aromatic heterocycles. The minimum atomic E-state index is -0.497. The molecule has 0 bridgehead atoms. The molecular formula is C18H22BrClNO3+. The van der Waals surface area contributed by atoms with Crippen LogP contribution in [0.25, 0.3) is 0 Å². The van der Waals surface area contributed by atoms with Crippen LogP contribution < -0.4 is 14.8 Å². The van der Waals surface area contributed by atoms with Crippen LogP contribution in [0.4, 0.5) is 0 Å². The molecule has 0 fully saturated rings. The number of ether oxygens (including phenoxy) is 2. The van der Waals surface area contributed by atoms with Crippen LogP contribution in [0.2, 0.25) is 5.02 Å². The molecule has 2 aromatic carbocycles. The molecular weight excluding hydrogens is 394 g/mol. The van der Waals surface area contributed by atoms with E-state index < -0.39 is 6.10 Å². The predicted molar refractivity (Wildman–Crippen MR) is 99.0 cm³/mol. The van der Waals surface area contributed by atoms with Crippen molar-refractivity contribution >= 4 is 27.5 Å². The van der Waals surface area contributed by atoms with Gasteiger partial charge in [0.15, 0.2) is 11.5 Å². The number of rotatable bonds is 8. The third kappa shape index (κ3) is 4.86. The first-order valence-corrected chi connectivity index (χ1v) is 8.88. The molecule has 0 aliphatic heterocycles. The molecule has 0 aliphatic rings. The molecule has 0 radical (unpaired) electrons. The number of hydrogen-bond acceptors (Lipinski definition) is 3. The first kappa shape index (κ1) is 19.1. The Morgan fingerprint density at radius 3 is 2.67 bits per heavy atom. The summed E-state index contributed by atoms with van der Waals surface area (Å²) in [5.74, 6) is 1.19. The molecule has 6 heteroatoms. The standard InChI is InChI=1S/C18H21BrClNO3/c1-23-16-7-6-12(17(20)18(16)24-2)8-9-21-11-15(22)13-4-3-5-14(19)10-13/h3-7,10,15,21-22H,8-9,11H2,1-2H3/p+1/t15-/m1/s1. The molecule has 2 aromatic rings. The summed E-state index contributed by atoms with van der Waals surface area (Å²) in [4.78, 5) is 0. The summed E-state index contributed by atoms with van der Waals surface area (Å²) in [6.07, 6.45) is 0.285. The lowest BCUT2D eigenvalue weighted by Crippen LogP contribution is -2.85. The Balaban J connectivity index is 1.88. The average molecular weight is 416 g/mol. The van der Waals surface area contributed by atoms with Gasteiger partial charge < -0.3 is 19.9 Å². The van der Waals surface area contributed by atoms with Gasteiger partial charge in [-0.15, -0.1) is 0 Å². The fourth-order valence-corrected chi connectivity index (χ4v) is 3.25. The van der Waals surface area contributed by atoms with Gasteiger partial charge in [-0.25, -0.2) is 0 Å². The summed E-state index contributed by atoms with van der Waals surface area (Å²) in [6, 6.07) is 11.5. The van der Waals surface area contributed by atoms with Gasteiger partial charge in [0.25, 0.3) is 0 Å². The third-order valence-corrected chi connectivity index (χ3v) is 4.71. The Morgan fingerprint density at radius 2 is 2.00 bits per heavy atom. The minimum Gasteiger partial charge on any atom is -0.493 e. The molecule has 0 unspecified atom stereocenters. The smallest absolute Gasteiger partial charge is 0.179 e. The van der Waals surface area contributed by atoms with Gasteiger partial charge in [-0.1, -0.05) is 45.7 Å². The Labute approximate surface area is 155 Å². The van der Waals surface area contributed by atoms with Crippen LogP contribution in [0.15, 0.2) is 40.9 Å². The highest BCUT2D eigenvalue weighted by molar-refractivity contribution is 9.10. The molecule has 0 amide bonds. The second-order valence-corrected chi connectivity index (χ2v) is 6.70. The predicted octanol–water partition coefficient (Wildman–Crippen LogP) is 2.96. The lowest BCUT2D eigenvalue weighted by molar-refractivity contribution is -0.661. The van der Waals surface area contributed by atoms with Crippen LogP contribution in [0.5, 0.6) is 11.5 Å². The Hall–Kier alpha value is -1.27. The lowest BCUT2D eigenvalue weighted by Gasteiger charge is -2.13. The number of nitrogens with two attached hydrogens (primary N) is 1. The van der Waals surface area contributed by atoms with Crippen molar-refractivity contribution in [1.82, 2.24) is 0 Å². The van der Waals surface area contributed by atoms with Crippen LogP contribution in [0.3, 0.4) is 0 Å². The van der Waals surface area contributed by atoms with E-state index in [1.807, 2.05) is 36.4 Å². The Morgan fingerprint density at radius 1 is 1.21 bits per heavy atom. The molecule has 0 aliphatic carbocycles. The second-order valence-electron chi connectivity index (χ2n) is 5.41. The van der Waals surface area contributed by atoms with Crippen molar-refractivity contribution in [2.45, 2.75) is 12.5 Å². The van der Waals surface area contributed by atoms with Crippen LogP contribution >= 0.6 is 27.5 Å². The molecule has 4 nitrogen and oxygen atoms in total. The van der Waals surface area contributed by atoms with Crippen LogP contribution in [0, 0.1) is 0 Å². The molecule has 130 valence electrons. The summed E-state index contributed by atoms with van der Waals surface area (Å²) in [5.41, 5.74) is 1.91. The number of halogens is 2. The van der Waals surface area contributed by atoms with Gasteiger partial charge in [-0.05, 0) is 29.3 Å². The third-order valence-electron chi connectivity index (χ3n) is 3.81. The topological polar surface area (TPSA) is 55.3 Å². The van der Waals surface area contributed by atoms with Crippen molar-refractivity contribution in [1.29, 1.82) is 0 Å².